The van der Waals surface area contributed by atoms with Crippen LogP contribution in [0, 0.1) is 0 Å². The summed E-state index contributed by atoms with van der Waals surface area (Å²) in [5.41, 5.74) is 5.79. The van der Waals surface area contributed by atoms with Crippen LogP contribution in [0.3, 0.4) is 0 Å². The molecular weight excluding hydrogens is 396 g/mol. The Morgan fingerprint density at radius 3 is 2.10 bits per heavy atom. The topological polar surface area (TPSA) is 17.1 Å². The van der Waals surface area contributed by atoms with E-state index < -0.39 is 0 Å². The molecule has 0 N–H and O–H groups in total. The van der Waals surface area contributed by atoms with Crippen molar-refractivity contribution in [3.05, 3.63) is 126 Å². The summed E-state index contributed by atoms with van der Waals surface area (Å²) in [5.74, 6) is 0.0452. The first-order valence-corrected chi connectivity index (χ1v) is 9.56. The van der Waals surface area contributed by atoms with Gasteiger partial charge >= 0.3 is 0 Å². The summed E-state index contributed by atoms with van der Waals surface area (Å²) in [6.45, 7) is 2.18. The van der Waals surface area contributed by atoms with Crippen molar-refractivity contribution in [1.82, 2.24) is 0 Å². The molecule has 4 rings (SSSR count). The van der Waals surface area contributed by atoms with E-state index in [4.69, 9.17) is 0 Å². The summed E-state index contributed by atoms with van der Waals surface area (Å²) < 4.78 is 0. The molecule has 0 aliphatic carbocycles. The number of allylic oxidation sites excluding steroid dienone is 1. The molecule has 0 aliphatic heterocycles. The van der Waals surface area contributed by atoms with Crippen LogP contribution >= 0.6 is 0 Å². The molecule has 4 aromatic rings. The zero-order chi connectivity index (χ0) is 19.6. The minimum absolute atomic E-state index is 0. The number of carbonyl (C=O) groups is 1. The Morgan fingerprint density at radius 1 is 0.897 bits per heavy atom. The van der Waals surface area contributed by atoms with E-state index in [1.54, 1.807) is 6.08 Å². The van der Waals surface area contributed by atoms with Gasteiger partial charge in [-0.1, -0.05) is 66.1 Å². The Morgan fingerprint density at radius 2 is 1.52 bits per heavy atom. The van der Waals surface area contributed by atoms with E-state index in [1.807, 2.05) is 60.7 Å². The summed E-state index contributed by atoms with van der Waals surface area (Å²) in [5, 5.41) is 0. The second-order valence-corrected chi connectivity index (χ2v) is 6.51. The minimum atomic E-state index is 0. The molecule has 0 radical (unpaired) electrons. The van der Waals surface area contributed by atoms with Gasteiger partial charge in [0.25, 0.3) is 0 Å². The Bertz CT molecular complexity index is 977. The van der Waals surface area contributed by atoms with E-state index in [2.05, 4.69) is 55.5 Å². The van der Waals surface area contributed by atoms with E-state index in [0.717, 1.165) is 17.5 Å². The van der Waals surface area contributed by atoms with Crippen molar-refractivity contribution in [2.24, 2.45) is 0 Å². The molecule has 0 aromatic heterocycles. The largest absolute Gasteiger partial charge is 0.645 e. The zero-order valence-corrected chi connectivity index (χ0v) is 17.5. The molecule has 29 heavy (non-hydrogen) atoms. The van der Waals surface area contributed by atoms with Crippen molar-refractivity contribution >= 4 is 11.9 Å². The van der Waals surface area contributed by atoms with Crippen LogP contribution in [0.15, 0.2) is 109 Å². The summed E-state index contributed by atoms with van der Waals surface area (Å²) in [6, 6.07) is 34.3. The van der Waals surface area contributed by atoms with E-state index >= 15 is 0 Å². The van der Waals surface area contributed by atoms with Crippen molar-refractivity contribution in [1.29, 1.82) is 0 Å². The molecule has 0 unspecified atom stereocenters. The van der Waals surface area contributed by atoms with Gasteiger partial charge in [-0.25, -0.2) is 0 Å². The maximum Gasteiger partial charge on any atom is 0 e. The third-order valence-electron chi connectivity index (χ3n) is 4.53. The molecule has 0 saturated carbocycles. The van der Waals surface area contributed by atoms with Crippen LogP contribution in [0.1, 0.15) is 28.4 Å². The molecule has 152 valence electrons. The SMILES string of the molecule is CCc1ccc(-[c-]2cccc2)cc1.O=C(C=Cc1ccccc1)[c-]1[cH-][cH-][cH-][cH-]1.[Fe]. The monoisotopic (exact) mass is 420 g/mol. The van der Waals surface area contributed by atoms with Crippen LogP contribution in [0.25, 0.3) is 17.2 Å². The van der Waals surface area contributed by atoms with Crippen LogP contribution in [-0.4, -0.2) is 5.78 Å². The fourth-order valence-corrected chi connectivity index (χ4v) is 2.87. The first kappa shape index (κ1) is 22.4. The number of rotatable bonds is 5. The van der Waals surface area contributed by atoms with Gasteiger partial charge in [-0.15, -0.1) is 29.8 Å². The quantitative estimate of drug-likeness (QED) is 0.148. The van der Waals surface area contributed by atoms with Crippen LogP contribution in [0.2, 0.25) is 0 Å². The number of benzene rings is 2. The molecule has 4 aromatic carbocycles. The molecule has 0 spiro atoms. The Kier molecular flexibility index (Phi) is 9.11. The van der Waals surface area contributed by atoms with Crippen LogP contribution in [0.5, 0.6) is 0 Å². The summed E-state index contributed by atoms with van der Waals surface area (Å²) in [6.07, 6.45) is 4.54. The van der Waals surface area contributed by atoms with Crippen molar-refractivity contribution in [3.63, 3.8) is 0 Å². The molecule has 0 bridgehead atoms. The van der Waals surface area contributed by atoms with Crippen LogP contribution < -0.4 is 0 Å². The van der Waals surface area contributed by atoms with E-state index in [9.17, 15) is 4.79 Å². The molecule has 2 heteroatoms. The molecule has 0 saturated heterocycles. The van der Waals surface area contributed by atoms with E-state index in [0.29, 0.717) is 0 Å². The van der Waals surface area contributed by atoms with Gasteiger partial charge in [0.1, 0.15) is 0 Å². The molecule has 0 amide bonds. The maximum atomic E-state index is 11.6. The minimum Gasteiger partial charge on any atom is -0.645 e. The first-order valence-electron chi connectivity index (χ1n) is 9.56. The van der Waals surface area contributed by atoms with Crippen LogP contribution in [-0.2, 0) is 23.5 Å². The van der Waals surface area contributed by atoms with Gasteiger partial charge in [-0.2, -0.15) is 18.2 Å². The Balaban J connectivity index is 0.000000202. The third kappa shape index (κ3) is 6.87. The van der Waals surface area contributed by atoms with Gasteiger partial charge in [0.15, 0.2) is 0 Å². The summed E-state index contributed by atoms with van der Waals surface area (Å²) >= 11 is 0. The van der Waals surface area contributed by atoms with Crippen molar-refractivity contribution in [3.8, 4) is 11.1 Å². The fourth-order valence-electron chi connectivity index (χ4n) is 2.87. The van der Waals surface area contributed by atoms with Gasteiger partial charge in [0.2, 0.25) is 0 Å². The van der Waals surface area contributed by atoms with Crippen LogP contribution in [0.4, 0.5) is 0 Å². The number of hydrogen-bond donors (Lipinski definition) is 0. The standard InChI is InChI=1S/C14H11O.C13H13.Fe/c15-14(13-8-4-5-9-13)11-10-12-6-2-1-3-7-12;1-2-11-7-9-13(10-8-11)12-5-3-4-6-12;/h1-11H;3-10H,2H2,1H3;/q-5;-1;. The number of ketones is 1. The predicted molar refractivity (Wildman–Crippen MR) is 119 cm³/mol. The normalized spacial score (nSPS) is 10.1. The van der Waals surface area contributed by atoms with Crippen molar-refractivity contribution < 1.29 is 21.9 Å². The Labute approximate surface area is 183 Å². The van der Waals surface area contributed by atoms with Gasteiger partial charge in [-0.05, 0) is 6.42 Å². The van der Waals surface area contributed by atoms with E-state index in [1.165, 1.54) is 16.7 Å². The molecule has 0 heterocycles. The maximum absolute atomic E-state index is 11.6. The molecule has 0 atom stereocenters. The average Bonchev–Trinajstić information content (AvgIpc) is 3.48. The molecule has 1 nitrogen and oxygen atoms in total. The Hall–Kier alpha value is -2.93. The average molecular weight is 420 g/mol. The number of carbonyl (C=O) groups excluding carboxylic acids is 1. The zero-order valence-electron chi connectivity index (χ0n) is 16.4. The molecular formula is C27H24FeO-6. The van der Waals surface area contributed by atoms with Crippen molar-refractivity contribution in [2.45, 2.75) is 13.3 Å². The number of hydrogen-bond acceptors (Lipinski definition) is 1. The second kappa shape index (κ2) is 11.8. The summed E-state index contributed by atoms with van der Waals surface area (Å²) in [4.78, 5) is 11.6. The fraction of sp³-hybridized carbons (Fsp3) is 0.0741. The predicted octanol–water partition coefficient (Wildman–Crippen LogP) is 6.93. The van der Waals surface area contributed by atoms with Gasteiger partial charge < -0.3 is 46.5 Å². The van der Waals surface area contributed by atoms with Gasteiger partial charge in [0.05, 0.1) is 0 Å². The third-order valence-corrected chi connectivity index (χ3v) is 4.53. The molecule has 0 fully saturated rings. The van der Waals surface area contributed by atoms with Crippen molar-refractivity contribution in [2.75, 3.05) is 0 Å². The van der Waals surface area contributed by atoms with E-state index in [-0.39, 0.29) is 22.9 Å². The summed E-state index contributed by atoms with van der Waals surface area (Å²) in [7, 11) is 0. The second-order valence-electron chi connectivity index (χ2n) is 6.51. The smallest absolute Gasteiger partial charge is 0 e. The van der Waals surface area contributed by atoms with Gasteiger partial charge in [-0.3, -0.25) is 0 Å². The number of aryl methyl sites for hydroxylation is 1. The molecule has 0 aliphatic rings. The van der Waals surface area contributed by atoms with Gasteiger partial charge in [0, 0.05) is 17.1 Å². The first-order chi connectivity index (χ1) is 13.8.